The summed E-state index contributed by atoms with van der Waals surface area (Å²) in [6.45, 7) is 7.99. The molecule has 2 rings (SSSR count). The summed E-state index contributed by atoms with van der Waals surface area (Å²) >= 11 is 3.42. The van der Waals surface area contributed by atoms with E-state index < -0.39 is 0 Å². The van der Waals surface area contributed by atoms with Crippen molar-refractivity contribution in [2.75, 3.05) is 11.9 Å². The lowest BCUT2D eigenvalue weighted by atomic mass is 10.1. The van der Waals surface area contributed by atoms with Crippen LogP contribution >= 0.6 is 15.9 Å². The summed E-state index contributed by atoms with van der Waals surface area (Å²) < 4.78 is 6.22. The number of anilines is 1. The molecule has 0 bridgehead atoms. The third-order valence-corrected chi connectivity index (χ3v) is 3.89. The molecule has 0 aromatic heterocycles. The largest absolute Gasteiger partial charge is 0.488 e. The van der Waals surface area contributed by atoms with Crippen LogP contribution in [0.1, 0.15) is 21.5 Å². The number of carbonyl (C=O) groups excluding carboxylic acids is 1. The van der Waals surface area contributed by atoms with E-state index in [0.29, 0.717) is 17.9 Å². The number of aryl methyl sites for hydroxylation is 2. The van der Waals surface area contributed by atoms with E-state index in [-0.39, 0.29) is 5.91 Å². The number of hydrogen-bond donors (Lipinski definition) is 1. The highest BCUT2D eigenvalue weighted by Crippen LogP contribution is 2.27. The van der Waals surface area contributed by atoms with E-state index in [9.17, 15) is 4.79 Å². The molecule has 0 atom stereocenters. The first-order valence-corrected chi connectivity index (χ1v) is 7.73. The Balaban J connectivity index is 2.19. The van der Waals surface area contributed by atoms with E-state index in [0.717, 1.165) is 21.3 Å². The first-order chi connectivity index (χ1) is 10.5. The molecule has 0 heterocycles. The minimum atomic E-state index is -0.145. The van der Waals surface area contributed by atoms with Crippen molar-refractivity contribution in [2.24, 2.45) is 0 Å². The van der Waals surface area contributed by atoms with Gasteiger partial charge in [0.05, 0.1) is 4.47 Å². The van der Waals surface area contributed by atoms with Crippen LogP contribution in [0, 0.1) is 13.8 Å². The van der Waals surface area contributed by atoms with Crippen molar-refractivity contribution in [3.8, 4) is 5.75 Å². The second kappa shape index (κ2) is 7.27. The van der Waals surface area contributed by atoms with Gasteiger partial charge < -0.3 is 10.1 Å². The maximum atomic E-state index is 12.4. The van der Waals surface area contributed by atoms with Gasteiger partial charge in [0.15, 0.2) is 0 Å². The van der Waals surface area contributed by atoms with Crippen LogP contribution in [0.15, 0.2) is 53.5 Å². The minimum absolute atomic E-state index is 0.145. The Kier molecular flexibility index (Phi) is 5.39. The van der Waals surface area contributed by atoms with Crippen LogP contribution in [0.2, 0.25) is 0 Å². The van der Waals surface area contributed by atoms with Crippen LogP contribution in [0.25, 0.3) is 0 Å². The standard InChI is InChI=1S/C18H18BrNO2/c1-4-10-22-16-9-8-14(11-15(16)19)18(21)20-17-12(2)6-5-7-13(17)3/h4-9,11H,1,10H2,2-3H3,(H,20,21). The monoisotopic (exact) mass is 359 g/mol. The maximum absolute atomic E-state index is 12.4. The zero-order valence-corrected chi connectivity index (χ0v) is 14.2. The van der Waals surface area contributed by atoms with Crippen molar-refractivity contribution < 1.29 is 9.53 Å². The van der Waals surface area contributed by atoms with Gasteiger partial charge in [-0.25, -0.2) is 0 Å². The number of benzene rings is 2. The number of hydrogen-bond acceptors (Lipinski definition) is 2. The van der Waals surface area contributed by atoms with Gasteiger partial charge in [-0.15, -0.1) is 0 Å². The SMILES string of the molecule is C=CCOc1ccc(C(=O)Nc2c(C)cccc2C)cc1Br. The molecule has 1 N–H and O–H groups in total. The highest BCUT2D eigenvalue weighted by atomic mass is 79.9. The molecule has 0 saturated carbocycles. The predicted octanol–water partition coefficient (Wildman–Crippen LogP) is 4.88. The van der Waals surface area contributed by atoms with Gasteiger partial charge >= 0.3 is 0 Å². The lowest BCUT2D eigenvalue weighted by molar-refractivity contribution is 0.102. The fourth-order valence-electron chi connectivity index (χ4n) is 2.11. The molecule has 0 unspecified atom stereocenters. The lowest BCUT2D eigenvalue weighted by Gasteiger charge is -2.12. The number of carbonyl (C=O) groups is 1. The third-order valence-electron chi connectivity index (χ3n) is 3.27. The van der Waals surface area contributed by atoms with Gasteiger partial charge in [0.2, 0.25) is 0 Å². The van der Waals surface area contributed by atoms with Crippen molar-refractivity contribution in [2.45, 2.75) is 13.8 Å². The van der Waals surface area contributed by atoms with Crippen LogP contribution in [0.5, 0.6) is 5.75 Å². The summed E-state index contributed by atoms with van der Waals surface area (Å²) in [7, 11) is 0. The van der Waals surface area contributed by atoms with Crippen molar-refractivity contribution in [3.63, 3.8) is 0 Å². The second-order valence-electron chi connectivity index (χ2n) is 4.97. The van der Waals surface area contributed by atoms with E-state index in [2.05, 4.69) is 27.8 Å². The summed E-state index contributed by atoms with van der Waals surface area (Å²) in [4.78, 5) is 12.4. The van der Waals surface area contributed by atoms with Gasteiger partial charge in [-0.1, -0.05) is 30.9 Å². The molecule has 2 aromatic carbocycles. The molecule has 0 saturated heterocycles. The topological polar surface area (TPSA) is 38.3 Å². The molecule has 1 amide bonds. The molecule has 0 spiro atoms. The average Bonchev–Trinajstić information content (AvgIpc) is 2.49. The van der Waals surface area contributed by atoms with Crippen molar-refractivity contribution >= 4 is 27.5 Å². The maximum Gasteiger partial charge on any atom is 0.255 e. The third kappa shape index (κ3) is 3.77. The number of rotatable bonds is 5. The highest BCUT2D eigenvalue weighted by Gasteiger charge is 2.11. The van der Waals surface area contributed by atoms with Gasteiger partial charge in [0.1, 0.15) is 12.4 Å². The summed E-state index contributed by atoms with van der Waals surface area (Å²) in [5, 5.41) is 2.97. The highest BCUT2D eigenvalue weighted by molar-refractivity contribution is 9.10. The van der Waals surface area contributed by atoms with E-state index in [4.69, 9.17) is 4.74 Å². The van der Waals surface area contributed by atoms with Gasteiger partial charge in [-0.05, 0) is 59.1 Å². The van der Waals surface area contributed by atoms with E-state index in [1.54, 1.807) is 24.3 Å². The Labute approximate surface area is 139 Å². The molecular formula is C18H18BrNO2. The number of para-hydroxylation sites is 1. The number of amides is 1. The average molecular weight is 360 g/mol. The Morgan fingerprint density at radius 3 is 2.55 bits per heavy atom. The normalized spacial score (nSPS) is 10.1. The number of ether oxygens (including phenoxy) is 1. The van der Waals surface area contributed by atoms with Crippen LogP contribution in [-0.2, 0) is 0 Å². The van der Waals surface area contributed by atoms with Crippen LogP contribution in [0.3, 0.4) is 0 Å². The molecule has 4 heteroatoms. The van der Waals surface area contributed by atoms with Gasteiger partial charge in [-0.3, -0.25) is 4.79 Å². The molecule has 22 heavy (non-hydrogen) atoms. The molecule has 3 nitrogen and oxygen atoms in total. The van der Waals surface area contributed by atoms with Crippen LogP contribution in [-0.4, -0.2) is 12.5 Å². The van der Waals surface area contributed by atoms with Gasteiger partial charge in [0, 0.05) is 11.3 Å². The number of nitrogens with one attached hydrogen (secondary N) is 1. The molecule has 0 aliphatic carbocycles. The zero-order chi connectivity index (χ0) is 16.1. The van der Waals surface area contributed by atoms with Crippen molar-refractivity contribution in [1.29, 1.82) is 0 Å². The Bertz CT molecular complexity index is 690. The molecule has 2 aromatic rings. The molecular weight excluding hydrogens is 342 g/mol. The van der Waals surface area contributed by atoms with Gasteiger partial charge in [0.25, 0.3) is 5.91 Å². The summed E-state index contributed by atoms with van der Waals surface area (Å²) in [5.74, 6) is 0.539. The first kappa shape index (κ1) is 16.3. The fraction of sp³-hybridized carbons (Fsp3) is 0.167. The first-order valence-electron chi connectivity index (χ1n) is 6.93. The number of halogens is 1. The predicted molar refractivity (Wildman–Crippen MR) is 93.7 cm³/mol. The zero-order valence-electron chi connectivity index (χ0n) is 12.7. The van der Waals surface area contributed by atoms with Crippen molar-refractivity contribution in [1.82, 2.24) is 0 Å². The van der Waals surface area contributed by atoms with E-state index >= 15 is 0 Å². The lowest BCUT2D eigenvalue weighted by Crippen LogP contribution is -2.13. The molecule has 0 aliphatic rings. The van der Waals surface area contributed by atoms with Gasteiger partial charge in [-0.2, -0.15) is 0 Å². The Morgan fingerprint density at radius 2 is 1.95 bits per heavy atom. The second-order valence-corrected chi connectivity index (χ2v) is 5.82. The van der Waals surface area contributed by atoms with Crippen molar-refractivity contribution in [3.05, 3.63) is 70.2 Å². The van der Waals surface area contributed by atoms with Crippen LogP contribution < -0.4 is 10.1 Å². The van der Waals surface area contributed by atoms with E-state index in [1.165, 1.54) is 0 Å². The quantitative estimate of drug-likeness (QED) is 0.772. The molecule has 0 radical (unpaired) electrons. The molecule has 114 valence electrons. The molecule has 0 aliphatic heterocycles. The Morgan fingerprint density at radius 1 is 1.27 bits per heavy atom. The van der Waals surface area contributed by atoms with Crippen LogP contribution in [0.4, 0.5) is 5.69 Å². The smallest absolute Gasteiger partial charge is 0.255 e. The fourth-order valence-corrected chi connectivity index (χ4v) is 2.60. The summed E-state index contributed by atoms with van der Waals surface area (Å²) in [5.41, 5.74) is 3.51. The van der Waals surface area contributed by atoms with E-state index in [1.807, 2.05) is 32.0 Å². The summed E-state index contributed by atoms with van der Waals surface area (Å²) in [6.07, 6.45) is 1.67. The minimum Gasteiger partial charge on any atom is -0.488 e. The summed E-state index contributed by atoms with van der Waals surface area (Å²) in [6, 6.07) is 11.2. The molecule has 0 fully saturated rings. The Hall–Kier alpha value is -2.07.